The molecule has 2 saturated heterocycles. The summed E-state index contributed by atoms with van der Waals surface area (Å²) in [5.41, 5.74) is 3.63. The molecule has 0 unspecified atom stereocenters. The van der Waals surface area contributed by atoms with Crippen LogP contribution in [0.5, 0.6) is 0 Å². The number of amides is 1. The van der Waals surface area contributed by atoms with E-state index < -0.39 is 0 Å². The number of piperazine rings is 1. The zero-order chi connectivity index (χ0) is 24.4. The first kappa shape index (κ1) is 23.8. The van der Waals surface area contributed by atoms with Crippen molar-refractivity contribution in [1.82, 2.24) is 24.6 Å². The van der Waals surface area contributed by atoms with Crippen LogP contribution in [0.2, 0.25) is 5.02 Å². The first-order chi connectivity index (χ1) is 17.0. The quantitative estimate of drug-likeness (QED) is 0.524. The largest absolute Gasteiger partial charge is 0.368 e. The van der Waals surface area contributed by atoms with E-state index in [1.807, 2.05) is 16.8 Å². The second-order valence-electron chi connectivity index (χ2n) is 9.85. The molecule has 1 amide bonds. The van der Waals surface area contributed by atoms with Crippen LogP contribution in [-0.4, -0.2) is 75.8 Å². The maximum atomic E-state index is 13.8. The maximum Gasteiger partial charge on any atom is 0.227 e. The lowest BCUT2D eigenvalue weighted by atomic mass is 9.88. The van der Waals surface area contributed by atoms with Gasteiger partial charge in [-0.05, 0) is 43.2 Å². The molecule has 0 saturated carbocycles. The van der Waals surface area contributed by atoms with Crippen LogP contribution in [0, 0.1) is 5.92 Å². The molecule has 3 aromatic rings. The van der Waals surface area contributed by atoms with Crippen molar-refractivity contribution in [3.8, 4) is 0 Å². The minimum atomic E-state index is -0.0234. The number of likely N-dealkylation sites (tertiary alicyclic amines) is 1. The van der Waals surface area contributed by atoms with Crippen molar-refractivity contribution in [3.05, 3.63) is 77.3 Å². The monoisotopic (exact) mass is 492 g/mol. The molecule has 7 nitrogen and oxygen atoms in total. The predicted molar refractivity (Wildman–Crippen MR) is 139 cm³/mol. The fraction of sp³-hybridized carbons (Fsp3) is 0.444. The number of hydrogen-bond acceptors (Lipinski definition) is 5. The molecule has 35 heavy (non-hydrogen) atoms. The number of benzene rings is 2. The lowest BCUT2D eigenvalue weighted by Gasteiger charge is -2.38. The highest BCUT2D eigenvalue weighted by Crippen LogP contribution is 2.36. The molecule has 8 heteroatoms. The fourth-order valence-corrected chi connectivity index (χ4v) is 5.52. The van der Waals surface area contributed by atoms with Gasteiger partial charge >= 0.3 is 0 Å². The van der Waals surface area contributed by atoms with Crippen LogP contribution in [0.1, 0.15) is 30.9 Å². The Bertz CT molecular complexity index is 1120. The van der Waals surface area contributed by atoms with Crippen molar-refractivity contribution in [2.24, 2.45) is 5.92 Å². The van der Waals surface area contributed by atoms with Gasteiger partial charge < -0.3 is 9.80 Å². The predicted octanol–water partition coefficient (Wildman–Crippen LogP) is 3.75. The van der Waals surface area contributed by atoms with E-state index in [2.05, 4.69) is 75.0 Å². The highest BCUT2D eigenvalue weighted by molar-refractivity contribution is 6.30. The van der Waals surface area contributed by atoms with Crippen LogP contribution in [0.4, 0.5) is 5.69 Å². The summed E-state index contributed by atoms with van der Waals surface area (Å²) in [6.45, 7) is 9.95. The third-order valence-electron chi connectivity index (χ3n) is 7.42. The van der Waals surface area contributed by atoms with Crippen molar-refractivity contribution in [1.29, 1.82) is 0 Å². The van der Waals surface area contributed by atoms with Crippen LogP contribution in [-0.2, 0) is 11.3 Å². The third kappa shape index (κ3) is 5.21. The summed E-state index contributed by atoms with van der Waals surface area (Å²) < 4.78 is 1.84. The number of hydrogen-bond donors (Lipinski definition) is 0. The number of aromatic nitrogens is 3. The first-order valence-corrected chi connectivity index (χ1v) is 12.8. The highest BCUT2D eigenvalue weighted by Gasteiger charge is 2.41. The maximum absolute atomic E-state index is 13.8. The van der Waals surface area contributed by atoms with Gasteiger partial charge in [-0.25, -0.2) is 9.67 Å². The summed E-state index contributed by atoms with van der Waals surface area (Å²) in [5.74, 6) is 0.456. The molecule has 5 rings (SSSR count). The number of anilines is 1. The van der Waals surface area contributed by atoms with Crippen LogP contribution in [0.25, 0.3) is 0 Å². The van der Waals surface area contributed by atoms with Gasteiger partial charge in [-0.15, -0.1) is 0 Å². The van der Waals surface area contributed by atoms with E-state index in [-0.39, 0.29) is 17.7 Å². The summed E-state index contributed by atoms with van der Waals surface area (Å²) in [6, 6.07) is 16.9. The van der Waals surface area contributed by atoms with E-state index in [0.29, 0.717) is 12.6 Å². The zero-order valence-electron chi connectivity index (χ0n) is 20.4. The fourth-order valence-electron chi connectivity index (χ4n) is 5.40. The van der Waals surface area contributed by atoms with Crippen molar-refractivity contribution in [2.75, 3.05) is 44.2 Å². The van der Waals surface area contributed by atoms with Gasteiger partial charge in [0.15, 0.2) is 0 Å². The molecule has 0 radical (unpaired) electrons. The molecule has 2 aliphatic heterocycles. The normalized spacial score (nSPS) is 21.1. The Kier molecular flexibility index (Phi) is 7.07. The summed E-state index contributed by atoms with van der Waals surface area (Å²) in [5, 5.41) is 4.99. The molecular weight excluding hydrogens is 460 g/mol. The second-order valence-corrected chi connectivity index (χ2v) is 10.3. The number of para-hydroxylation sites is 1. The van der Waals surface area contributed by atoms with Gasteiger partial charge in [-0.2, -0.15) is 5.10 Å². The average molecular weight is 493 g/mol. The van der Waals surface area contributed by atoms with Crippen LogP contribution >= 0.6 is 11.6 Å². The summed E-state index contributed by atoms with van der Waals surface area (Å²) in [4.78, 5) is 24.7. The SMILES string of the molecule is CC(C)N1C[C@@H](C(=O)N2CCN(c3ccccc3Cn3cncn3)CC2)[C@H](c2ccc(Cl)cc2)C1. The van der Waals surface area contributed by atoms with Crippen molar-refractivity contribution < 1.29 is 4.79 Å². The molecule has 2 aliphatic rings. The molecule has 0 bridgehead atoms. The minimum absolute atomic E-state index is 0.0234. The van der Waals surface area contributed by atoms with Crippen molar-refractivity contribution in [2.45, 2.75) is 32.4 Å². The zero-order valence-corrected chi connectivity index (χ0v) is 21.2. The molecule has 184 valence electrons. The molecule has 0 N–H and O–H groups in total. The number of halogens is 1. The van der Waals surface area contributed by atoms with Gasteiger partial charge in [0.1, 0.15) is 12.7 Å². The lowest BCUT2D eigenvalue weighted by molar-refractivity contribution is -0.135. The van der Waals surface area contributed by atoms with Crippen LogP contribution in [0.15, 0.2) is 61.2 Å². The van der Waals surface area contributed by atoms with Gasteiger partial charge in [0, 0.05) is 61.9 Å². The van der Waals surface area contributed by atoms with Crippen molar-refractivity contribution in [3.63, 3.8) is 0 Å². The van der Waals surface area contributed by atoms with Crippen LogP contribution in [0.3, 0.4) is 0 Å². The number of carbonyl (C=O) groups excluding carboxylic acids is 1. The van der Waals surface area contributed by atoms with E-state index in [9.17, 15) is 4.79 Å². The summed E-state index contributed by atoms with van der Waals surface area (Å²) >= 11 is 6.13. The highest BCUT2D eigenvalue weighted by atomic mass is 35.5. The van der Waals surface area contributed by atoms with E-state index in [4.69, 9.17) is 11.6 Å². The molecule has 0 spiro atoms. The van der Waals surface area contributed by atoms with E-state index >= 15 is 0 Å². The Labute approximate surface area is 212 Å². The number of carbonyl (C=O) groups is 1. The molecular formula is C27H33ClN6O. The Morgan fingerprint density at radius 2 is 1.77 bits per heavy atom. The minimum Gasteiger partial charge on any atom is -0.368 e. The number of rotatable bonds is 6. The lowest BCUT2D eigenvalue weighted by Crippen LogP contribution is -2.51. The van der Waals surface area contributed by atoms with E-state index in [1.54, 1.807) is 12.7 Å². The Morgan fingerprint density at radius 3 is 2.46 bits per heavy atom. The molecule has 0 aliphatic carbocycles. The first-order valence-electron chi connectivity index (χ1n) is 12.4. The third-order valence-corrected chi connectivity index (χ3v) is 7.67. The Balaban J connectivity index is 1.27. The van der Waals surface area contributed by atoms with Crippen molar-refractivity contribution >= 4 is 23.2 Å². The number of nitrogens with zero attached hydrogens (tertiary/aromatic N) is 6. The van der Waals surface area contributed by atoms with Crippen LogP contribution < -0.4 is 4.90 Å². The van der Waals surface area contributed by atoms with Gasteiger partial charge in [0.05, 0.1) is 12.5 Å². The smallest absolute Gasteiger partial charge is 0.227 e. The van der Waals surface area contributed by atoms with Gasteiger partial charge in [-0.3, -0.25) is 9.69 Å². The summed E-state index contributed by atoms with van der Waals surface area (Å²) in [7, 11) is 0. The standard InChI is InChI=1S/C27H33ClN6O/c1-20(2)33-16-24(21-7-9-23(28)10-8-21)25(17-33)27(35)32-13-11-31(12-14-32)26-6-4-3-5-22(26)15-34-19-29-18-30-34/h3-10,18-20,24-25H,11-17H2,1-2H3/t24-,25+/m0/s1. The van der Waals surface area contributed by atoms with E-state index in [0.717, 1.165) is 44.3 Å². The average Bonchev–Trinajstić information content (AvgIpc) is 3.55. The van der Waals surface area contributed by atoms with Gasteiger partial charge in [-0.1, -0.05) is 41.9 Å². The molecule has 2 fully saturated rings. The topological polar surface area (TPSA) is 57.5 Å². The Hall–Kier alpha value is -2.90. The molecule has 3 heterocycles. The van der Waals surface area contributed by atoms with Gasteiger partial charge in [0.25, 0.3) is 0 Å². The van der Waals surface area contributed by atoms with E-state index in [1.165, 1.54) is 16.8 Å². The second kappa shape index (κ2) is 10.4. The Morgan fingerprint density at radius 1 is 1.03 bits per heavy atom. The molecule has 2 aromatic carbocycles. The summed E-state index contributed by atoms with van der Waals surface area (Å²) in [6.07, 6.45) is 3.31. The van der Waals surface area contributed by atoms with Gasteiger partial charge in [0.2, 0.25) is 5.91 Å². The molecule has 1 aromatic heterocycles. The molecule has 2 atom stereocenters.